The molecule has 0 radical (unpaired) electrons. The predicted octanol–water partition coefficient (Wildman–Crippen LogP) is 3.12. The van der Waals surface area contributed by atoms with Crippen LogP contribution < -0.4 is 0 Å². The molecule has 3 rings (SSSR count). The van der Waals surface area contributed by atoms with Crippen LogP contribution in [0.1, 0.15) is 59.8 Å². The molecule has 22 heavy (non-hydrogen) atoms. The lowest BCUT2D eigenvalue weighted by Gasteiger charge is -2.32. The van der Waals surface area contributed by atoms with Gasteiger partial charge in [-0.2, -0.15) is 0 Å². The van der Waals surface area contributed by atoms with Gasteiger partial charge in [0, 0.05) is 11.9 Å². The van der Waals surface area contributed by atoms with Crippen LogP contribution in [0.15, 0.2) is 0 Å². The number of hydrogen-bond acceptors (Lipinski definition) is 4. The average Bonchev–Trinajstić information content (AvgIpc) is 3.20. The first-order valence-corrected chi connectivity index (χ1v) is 9.01. The summed E-state index contributed by atoms with van der Waals surface area (Å²) in [6.45, 7) is 13.7. The lowest BCUT2D eigenvalue weighted by molar-refractivity contribution is 0.00578. The van der Waals surface area contributed by atoms with Gasteiger partial charge in [0.2, 0.25) is 0 Å². The fourth-order valence-electron chi connectivity index (χ4n) is 3.35. The number of rotatable bonds is 6. The first-order chi connectivity index (χ1) is 10.3. The Labute approximate surface area is 136 Å². The molecule has 0 amide bonds. The van der Waals surface area contributed by atoms with Crippen molar-refractivity contribution in [1.29, 1.82) is 0 Å². The zero-order valence-corrected chi connectivity index (χ0v) is 14.8. The molecule has 3 aliphatic rings. The quantitative estimate of drug-likeness (QED) is 0.557. The van der Waals surface area contributed by atoms with Gasteiger partial charge in [0.05, 0.1) is 24.4 Å². The summed E-state index contributed by atoms with van der Waals surface area (Å²) < 4.78 is 18.5. The molecular weight excluding hydrogens is 277 g/mol. The first-order valence-electron chi connectivity index (χ1n) is 9.01. The number of piperidine rings is 1. The van der Waals surface area contributed by atoms with Crippen LogP contribution in [0.5, 0.6) is 0 Å². The number of ether oxygens (including phenoxy) is 1. The highest BCUT2D eigenvalue weighted by Gasteiger charge is 2.64. The third kappa shape index (κ3) is 3.38. The zero-order chi connectivity index (χ0) is 15.8. The Morgan fingerprint density at radius 2 is 1.55 bits per heavy atom. The van der Waals surface area contributed by atoms with Crippen LogP contribution >= 0.6 is 0 Å². The van der Waals surface area contributed by atoms with Gasteiger partial charge in [-0.05, 0) is 66.5 Å². The molecule has 2 saturated heterocycles. The Kier molecular flexibility index (Phi) is 4.63. The molecule has 0 bridgehead atoms. The standard InChI is InChI=1S/C17H32BNO3/c1-15(2)16(3,4)22-18(21-15)17(8-9-17)14-20-13-12-19-10-6-5-7-11-19/h5-14H2,1-4H3. The van der Waals surface area contributed by atoms with Crippen molar-refractivity contribution >= 4 is 7.12 Å². The molecular formula is C17H32BNO3. The van der Waals surface area contributed by atoms with Crippen LogP contribution in [0.25, 0.3) is 0 Å². The van der Waals surface area contributed by atoms with Gasteiger partial charge >= 0.3 is 7.12 Å². The van der Waals surface area contributed by atoms with Gasteiger partial charge in [0.25, 0.3) is 0 Å². The van der Waals surface area contributed by atoms with E-state index in [4.69, 9.17) is 14.0 Å². The molecule has 126 valence electrons. The number of nitrogens with zero attached hydrogens (tertiary/aromatic N) is 1. The third-order valence-electron chi connectivity index (χ3n) is 6.04. The maximum absolute atomic E-state index is 6.23. The minimum Gasteiger partial charge on any atom is -0.403 e. The average molecular weight is 309 g/mol. The Hall–Kier alpha value is -0.0951. The highest BCUT2D eigenvalue weighted by molar-refractivity contribution is 6.51. The van der Waals surface area contributed by atoms with E-state index in [1.165, 1.54) is 32.4 Å². The fraction of sp³-hybridized carbons (Fsp3) is 1.00. The minimum absolute atomic E-state index is 0.104. The maximum Gasteiger partial charge on any atom is 0.466 e. The largest absolute Gasteiger partial charge is 0.466 e. The Balaban J connectivity index is 1.43. The van der Waals surface area contributed by atoms with Crippen LogP contribution in [-0.4, -0.2) is 56.1 Å². The van der Waals surface area contributed by atoms with E-state index in [1.807, 2.05) is 0 Å². The van der Waals surface area contributed by atoms with E-state index in [0.717, 1.165) is 32.6 Å². The van der Waals surface area contributed by atoms with E-state index in [2.05, 4.69) is 32.6 Å². The van der Waals surface area contributed by atoms with E-state index in [9.17, 15) is 0 Å². The van der Waals surface area contributed by atoms with Crippen molar-refractivity contribution in [3.05, 3.63) is 0 Å². The number of hydrogen-bond donors (Lipinski definition) is 0. The molecule has 2 aliphatic heterocycles. The van der Waals surface area contributed by atoms with Crippen LogP contribution in [0.3, 0.4) is 0 Å². The SMILES string of the molecule is CC1(C)OB(C2(COCCN3CCCCC3)CC2)OC1(C)C. The van der Waals surface area contributed by atoms with Crippen LogP contribution in [0.4, 0.5) is 0 Å². The molecule has 4 nitrogen and oxygen atoms in total. The normalized spacial score (nSPS) is 29.7. The van der Waals surface area contributed by atoms with Crippen LogP contribution in [0.2, 0.25) is 5.31 Å². The Morgan fingerprint density at radius 3 is 2.09 bits per heavy atom. The van der Waals surface area contributed by atoms with Gasteiger partial charge in [-0.25, -0.2) is 0 Å². The summed E-state index contributed by atoms with van der Waals surface area (Å²) in [7, 11) is -0.104. The van der Waals surface area contributed by atoms with Gasteiger partial charge in [-0.3, -0.25) is 0 Å². The third-order valence-corrected chi connectivity index (χ3v) is 6.04. The van der Waals surface area contributed by atoms with Crippen molar-refractivity contribution in [1.82, 2.24) is 4.90 Å². The molecule has 0 spiro atoms. The van der Waals surface area contributed by atoms with Crippen molar-refractivity contribution in [3.8, 4) is 0 Å². The molecule has 3 fully saturated rings. The van der Waals surface area contributed by atoms with Crippen molar-refractivity contribution in [2.75, 3.05) is 32.8 Å². The maximum atomic E-state index is 6.23. The monoisotopic (exact) mass is 309 g/mol. The van der Waals surface area contributed by atoms with Gasteiger partial charge in [0.1, 0.15) is 0 Å². The second kappa shape index (κ2) is 6.08. The fourth-order valence-corrected chi connectivity index (χ4v) is 3.35. The molecule has 5 heteroatoms. The van der Waals surface area contributed by atoms with Crippen molar-refractivity contribution in [3.63, 3.8) is 0 Å². The van der Waals surface area contributed by atoms with Gasteiger partial charge in [-0.1, -0.05) is 6.42 Å². The second-order valence-electron chi connectivity index (χ2n) is 8.41. The lowest BCUT2D eigenvalue weighted by Crippen LogP contribution is -2.41. The van der Waals surface area contributed by atoms with Crippen LogP contribution in [-0.2, 0) is 14.0 Å². The Bertz CT molecular complexity index is 373. The summed E-state index contributed by atoms with van der Waals surface area (Å²) in [5, 5.41) is 0.104. The highest BCUT2D eigenvalue weighted by atomic mass is 16.7. The zero-order valence-electron chi connectivity index (χ0n) is 14.8. The molecule has 0 unspecified atom stereocenters. The van der Waals surface area contributed by atoms with E-state index >= 15 is 0 Å². The van der Waals surface area contributed by atoms with Crippen molar-refractivity contribution in [2.24, 2.45) is 0 Å². The summed E-state index contributed by atoms with van der Waals surface area (Å²) >= 11 is 0. The Morgan fingerprint density at radius 1 is 0.955 bits per heavy atom. The predicted molar refractivity (Wildman–Crippen MR) is 89.1 cm³/mol. The molecule has 0 aromatic carbocycles. The topological polar surface area (TPSA) is 30.9 Å². The first kappa shape index (κ1) is 16.8. The summed E-state index contributed by atoms with van der Waals surface area (Å²) in [4.78, 5) is 2.53. The molecule has 0 aromatic rings. The molecule has 1 saturated carbocycles. The summed E-state index contributed by atoms with van der Waals surface area (Å²) in [5.74, 6) is 0. The molecule has 0 atom stereocenters. The van der Waals surface area contributed by atoms with E-state index in [1.54, 1.807) is 0 Å². The van der Waals surface area contributed by atoms with Gasteiger partial charge in [0.15, 0.2) is 0 Å². The van der Waals surface area contributed by atoms with Crippen molar-refractivity contribution in [2.45, 2.75) is 76.3 Å². The lowest BCUT2D eigenvalue weighted by atomic mass is 9.68. The smallest absolute Gasteiger partial charge is 0.403 e. The summed E-state index contributed by atoms with van der Waals surface area (Å²) in [6, 6.07) is 0. The van der Waals surface area contributed by atoms with Gasteiger partial charge < -0.3 is 18.9 Å². The highest BCUT2D eigenvalue weighted by Crippen LogP contribution is 2.60. The van der Waals surface area contributed by atoms with E-state index in [0.29, 0.717) is 0 Å². The molecule has 2 heterocycles. The number of likely N-dealkylation sites (tertiary alicyclic amines) is 1. The second-order valence-corrected chi connectivity index (χ2v) is 8.41. The van der Waals surface area contributed by atoms with Gasteiger partial charge in [-0.15, -0.1) is 0 Å². The van der Waals surface area contributed by atoms with E-state index in [-0.39, 0.29) is 23.6 Å². The summed E-state index contributed by atoms with van der Waals surface area (Å²) in [6.07, 6.45) is 6.40. The minimum atomic E-state index is -0.235. The summed E-state index contributed by atoms with van der Waals surface area (Å²) in [5.41, 5.74) is -0.470. The van der Waals surface area contributed by atoms with Crippen LogP contribution in [0, 0.1) is 0 Å². The molecule has 0 N–H and O–H groups in total. The van der Waals surface area contributed by atoms with E-state index < -0.39 is 0 Å². The molecule has 1 aliphatic carbocycles. The van der Waals surface area contributed by atoms with Crippen molar-refractivity contribution < 1.29 is 14.0 Å². The molecule has 0 aromatic heterocycles.